The first-order valence-electron chi connectivity index (χ1n) is 7.96. The molecule has 1 unspecified atom stereocenters. The number of amides is 1. The monoisotopic (exact) mass is 367 g/mol. The van der Waals surface area contributed by atoms with Crippen molar-refractivity contribution in [3.8, 4) is 0 Å². The highest BCUT2D eigenvalue weighted by Crippen LogP contribution is 2.29. The molecular weight excluding hydrogens is 346 g/mol. The number of hydrogen-bond acceptors (Lipinski definition) is 4. The first kappa shape index (κ1) is 15.7. The Bertz CT molecular complexity index is 520. The number of ether oxygens (including phenoxy) is 1. The Balaban J connectivity index is 1.60. The van der Waals surface area contributed by atoms with Crippen molar-refractivity contribution in [2.45, 2.75) is 31.7 Å². The Hall–Kier alpha value is -1.14. The summed E-state index contributed by atoms with van der Waals surface area (Å²) in [5.74, 6) is 0.262. The van der Waals surface area contributed by atoms with Crippen LogP contribution in [-0.2, 0) is 9.53 Å². The maximum Gasteiger partial charge on any atom is 0.225 e. The van der Waals surface area contributed by atoms with Gasteiger partial charge in [0.1, 0.15) is 0 Å². The molecule has 0 aliphatic carbocycles. The number of halogens is 1. The second kappa shape index (κ2) is 7.42. The Morgan fingerprint density at radius 2 is 2.18 bits per heavy atom. The maximum absolute atomic E-state index is 12.5. The van der Waals surface area contributed by atoms with Crippen LogP contribution in [0.25, 0.3) is 0 Å². The normalized spacial score (nSPS) is 23.3. The molecule has 1 N–H and O–H groups in total. The fourth-order valence-corrected chi connectivity index (χ4v) is 3.70. The van der Waals surface area contributed by atoms with Crippen LogP contribution in [0.2, 0.25) is 0 Å². The minimum Gasteiger partial charge on any atom is -0.381 e. The topological polar surface area (TPSA) is 54.5 Å². The Labute approximate surface area is 139 Å². The van der Waals surface area contributed by atoms with E-state index in [1.165, 1.54) is 0 Å². The number of pyridine rings is 1. The minimum atomic E-state index is 0.0664. The van der Waals surface area contributed by atoms with Gasteiger partial charge in [-0.2, -0.15) is 0 Å². The van der Waals surface area contributed by atoms with E-state index in [1.807, 2.05) is 6.07 Å². The number of rotatable bonds is 3. The summed E-state index contributed by atoms with van der Waals surface area (Å²) in [5.41, 5.74) is 1.12. The van der Waals surface area contributed by atoms with Gasteiger partial charge in [-0.3, -0.25) is 9.78 Å². The van der Waals surface area contributed by atoms with Gasteiger partial charge in [0.05, 0.1) is 16.1 Å². The van der Waals surface area contributed by atoms with Crippen LogP contribution in [0.5, 0.6) is 0 Å². The Morgan fingerprint density at radius 3 is 2.95 bits per heavy atom. The van der Waals surface area contributed by atoms with Crippen molar-refractivity contribution >= 4 is 27.5 Å². The highest BCUT2D eigenvalue weighted by Gasteiger charge is 2.28. The summed E-state index contributed by atoms with van der Waals surface area (Å²) in [6.07, 6.45) is 7.47. The van der Waals surface area contributed by atoms with Crippen LogP contribution in [-0.4, -0.2) is 43.2 Å². The first-order valence-corrected chi connectivity index (χ1v) is 8.76. The van der Waals surface area contributed by atoms with Gasteiger partial charge in [0, 0.05) is 44.7 Å². The first-order chi connectivity index (χ1) is 10.7. The quantitative estimate of drug-likeness (QED) is 0.890. The third-order valence-electron chi connectivity index (χ3n) is 4.45. The second-order valence-corrected chi connectivity index (χ2v) is 6.86. The number of anilines is 1. The van der Waals surface area contributed by atoms with E-state index in [9.17, 15) is 4.79 Å². The fourth-order valence-electron chi connectivity index (χ4n) is 3.20. The molecule has 22 heavy (non-hydrogen) atoms. The number of piperidine rings is 1. The lowest BCUT2D eigenvalue weighted by molar-refractivity contribution is -0.126. The predicted octanol–water partition coefficient (Wildman–Crippen LogP) is 2.36. The molecule has 0 aromatic carbocycles. The molecule has 0 saturated carbocycles. The van der Waals surface area contributed by atoms with E-state index in [0.717, 1.165) is 62.1 Å². The molecule has 3 rings (SSSR count). The van der Waals surface area contributed by atoms with E-state index >= 15 is 0 Å². The van der Waals surface area contributed by atoms with Gasteiger partial charge in [-0.25, -0.2) is 0 Å². The zero-order valence-corrected chi connectivity index (χ0v) is 14.2. The highest BCUT2D eigenvalue weighted by molar-refractivity contribution is 9.10. The van der Waals surface area contributed by atoms with Gasteiger partial charge in [-0.05, 0) is 47.7 Å². The molecular formula is C16H22BrN3O2. The number of carbonyl (C=O) groups excluding carboxylic acids is 1. The zero-order chi connectivity index (χ0) is 15.4. The number of nitrogens with zero attached hydrogens (tertiary/aromatic N) is 2. The van der Waals surface area contributed by atoms with Gasteiger partial charge in [-0.15, -0.1) is 0 Å². The molecule has 1 aromatic heterocycles. The summed E-state index contributed by atoms with van der Waals surface area (Å²) < 4.78 is 6.33. The van der Waals surface area contributed by atoms with E-state index in [-0.39, 0.29) is 17.9 Å². The minimum absolute atomic E-state index is 0.0664. The van der Waals surface area contributed by atoms with Gasteiger partial charge >= 0.3 is 0 Å². The largest absolute Gasteiger partial charge is 0.381 e. The number of carbonyl (C=O) groups is 1. The lowest BCUT2D eigenvalue weighted by Crippen LogP contribution is -2.47. The van der Waals surface area contributed by atoms with Gasteiger partial charge in [0.25, 0.3) is 0 Å². The van der Waals surface area contributed by atoms with E-state index in [1.54, 1.807) is 12.4 Å². The SMILES string of the molecule is O=C(NC1CCOCC1)C1CCCN(c2ccncc2Br)C1. The van der Waals surface area contributed by atoms with E-state index in [4.69, 9.17) is 4.74 Å². The van der Waals surface area contributed by atoms with Crippen LogP contribution < -0.4 is 10.2 Å². The third kappa shape index (κ3) is 3.79. The smallest absolute Gasteiger partial charge is 0.225 e. The average molecular weight is 368 g/mol. The summed E-state index contributed by atoms with van der Waals surface area (Å²) in [7, 11) is 0. The van der Waals surface area contributed by atoms with Crippen molar-refractivity contribution in [3.05, 3.63) is 22.9 Å². The van der Waals surface area contributed by atoms with Gasteiger partial charge in [-0.1, -0.05) is 0 Å². The summed E-state index contributed by atoms with van der Waals surface area (Å²) in [6, 6.07) is 2.28. The molecule has 1 aromatic rings. The molecule has 6 heteroatoms. The Morgan fingerprint density at radius 1 is 1.36 bits per heavy atom. The van der Waals surface area contributed by atoms with Crippen molar-refractivity contribution < 1.29 is 9.53 Å². The van der Waals surface area contributed by atoms with Gasteiger partial charge in [0.2, 0.25) is 5.91 Å². The molecule has 2 saturated heterocycles. The molecule has 3 heterocycles. The van der Waals surface area contributed by atoms with E-state index < -0.39 is 0 Å². The van der Waals surface area contributed by atoms with E-state index in [0.29, 0.717) is 0 Å². The maximum atomic E-state index is 12.5. The fraction of sp³-hybridized carbons (Fsp3) is 0.625. The molecule has 5 nitrogen and oxygen atoms in total. The summed E-state index contributed by atoms with van der Waals surface area (Å²) in [6.45, 7) is 3.28. The summed E-state index contributed by atoms with van der Waals surface area (Å²) in [4.78, 5) is 18.9. The molecule has 0 spiro atoms. The molecule has 0 radical (unpaired) electrons. The zero-order valence-electron chi connectivity index (χ0n) is 12.6. The van der Waals surface area contributed by atoms with Crippen LogP contribution in [0, 0.1) is 5.92 Å². The third-order valence-corrected chi connectivity index (χ3v) is 5.06. The highest BCUT2D eigenvalue weighted by atomic mass is 79.9. The molecule has 2 fully saturated rings. The van der Waals surface area contributed by atoms with Gasteiger partial charge < -0.3 is 15.0 Å². The number of hydrogen-bond donors (Lipinski definition) is 1. The molecule has 120 valence electrons. The molecule has 2 aliphatic heterocycles. The molecule has 1 atom stereocenters. The average Bonchev–Trinajstić information content (AvgIpc) is 2.56. The van der Waals surface area contributed by atoms with Crippen LogP contribution in [0.15, 0.2) is 22.9 Å². The lowest BCUT2D eigenvalue weighted by Gasteiger charge is -2.35. The predicted molar refractivity (Wildman–Crippen MR) is 88.9 cm³/mol. The van der Waals surface area contributed by atoms with Crippen LogP contribution in [0.4, 0.5) is 5.69 Å². The van der Waals surface area contributed by atoms with Crippen molar-refractivity contribution in [1.29, 1.82) is 0 Å². The van der Waals surface area contributed by atoms with E-state index in [2.05, 4.69) is 31.1 Å². The molecule has 0 bridgehead atoms. The van der Waals surface area contributed by atoms with Crippen molar-refractivity contribution in [2.75, 3.05) is 31.2 Å². The van der Waals surface area contributed by atoms with Crippen molar-refractivity contribution in [1.82, 2.24) is 10.3 Å². The Kier molecular flexibility index (Phi) is 5.31. The summed E-state index contributed by atoms with van der Waals surface area (Å²) >= 11 is 3.55. The summed E-state index contributed by atoms with van der Waals surface area (Å²) in [5, 5.41) is 3.21. The van der Waals surface area contributed by atoms with Crippen LogP contribution in [0.3, 0.4) is 0 Å². The standard InChI is InChI=1S/C16H22BrN3O2/c17-14-10-18-6-3-15(14)20-7-1-2-12(11-20)16(21)19-13-4-8-22-9-5-13/h3,6,10,12-13H,1-2,4-5,7-9,11H2,(H,19,21). The molecule has 2 aliphatic rings. The van der Waals surface area contributed by atoms with Crippen molar-refractivity contribution in [3.63, 3.8) is 0 Å². The molecule has 1 amide bonds. The number of aromatic nitrogens is 1. The van der Waals surface area contributed by atoms with Crippen molar-refractivity contribution in [2.24, 2.45) is 5.92 Å². The second-order valence-electron chi connectivity index (χ2n) is 6.01. The lowest BCUT2D eigenvalue weighted by atomic mass is 9.96. The number of nitrogens with one attached hydrogen (secondary N) is 1. The van der Waals surface area contributed by atoms with Gasteiger partial charge in [0.15, 0.2) is 0 Å². The van der Waals surface area contributed by atoms with Crippen LogP contribution >= 0.6 is 15.9 Å². The van der Waals surface area contributed by atoms with Crippen LogP contribution in [0.1, 0.15) is 25.7 Å².